The van der Waals surface area contributed by atoms with E-state index in [9.17, 15) is 18.8 Å². The van der Waals surface area contributed by atoms with E-state index in [1.165, 1.54) is 11.0 Å². The van der Waals surface area contributed by atoms with Gasteiger partial charge in [0, 0.05) is 19.3 Å². The largest absolute Gasteiger partial charge is 0.462 e. The molecular weight excluding hydrogens is 433 g/mol. The van der Waals surface area contributed by atoms with Crippen LogP contribution in [0.15, 0.2) is 48.5 Å². The summed E-state index contributed by atoms with van der Waals surface area (Å²) in [5, 5.41) is 3.04. The SMILES string of the molecule is CCOC(=O)c1ccc(NC(=O)C[C@@H]2C(=O)N(C)C(=S)N2CCc2ccccc2F)cc1. The molecule has 7 nitrogen and oxygen atoms in total. The number of ether oxygens (including phenoxy) is 1. The van der Waals surface area contributed by atoms with Gasteiger partial charge in [-0.25, -0.2) is 9.18 Å². The summed E-state index contributed by atoms with van der Waals surface area (Å²) in [5.41, 5.74) is 1.38. The molecule has 1 fully saturated rings. The van der Waals surface area contributed by atoms with Crippen LogP contribution in [0, 0.1) is 5.82 Å². The zero-order chi connectivity index (χ0) is 23.3. The first kappa shape index (κ1) is 23.3. The lowest BCUT2D eigenvalue weighted by Gasteiger charge is -2.23. The predicted octanol–water partition coefficient (Wildman–Crippen LogP) is 3.00. The van der Waals surface area contributed by atoms with Crippen LogP contribution in [-0.2, 0) is 20.7 Å². The summed E-state index contributed by atoms with van der Waals surface area (Å²) in [7, 11) is 1.56. The second-order valence-corrected chi connectivity index (χ2v) is 7.65. The first-order valence-corrected chi connectivity index (χ1v) is 10.6. The Morgan fingerprint density at radius 3 is 2.50 bits per heavy atom. The molecule has 32 heavy (non-hydrogen) atoms. The Morgan fingerprint density at radius 1 is 1.16 bits per heavy atom. The second-order valence-electron chi connectivity index (χ2n) is 7.28. The maximum Gasteiger partial charge on any atom is 0.338 e. The van der Waals surface area contributed by atoms with Crippen LogP contribution in [0.1, 0.15) is 29.3 Å². The molecule has 0 radical (unpaired) electrons. The molecule has 2 aromatic rings. The van der Waals surface area contributed by atoms with Crippen LogP contribution in [0.25, 0.3) is 0 Å². The zero-order valence-electron chi connectivity index (χ0n) is 17.8. The van der Waals surface area contributed by atoms with Gasteiger partial charge in [-0.3, -0.25) is 14.5 Å². The van der Waals surface area contributed by atoms with Crippen molar-refractivity contribution in [2.24, 2.45) is 0 Å². The average molecular weight is 458 g/mol. The van der Waals surface area contributed by atoms with Gasteiger partial charge in [0.25, 0.3) is 5.91 Å². The lowest BCUT2D eigenvalue weighted by Crippen LogP contribution is -2.39. The van der Waals surface area contributed by atoms with E-state index in [0.29, 0.717) is 34.9 Å². The molecule has 0 aromatic heterocycles. The summed E-state index contributed by atoms with van der Waals surface area (Å²) in [6, 6.07) is 11.9. The van der Waals surface area contributed by atoms with Crippen molar-refractivity contribution in [3.63, 3.8) is 0 Å². The number of thiocarbonyl (C=S) groups is 1. The highest BCUT2D eigenvalue weighted by Gasteiger charge is 2.41. The molecule has 9 heteroatoms. The van der Waals surface area contributed by atoms with Crippen LogP contribution in [0.5, 0.6) is 0 Å². The van der Waals surface area contributed by atoms with Crippen molar-refractivity contribution in [3.05, 3.63) is 65.5 Å². The Balaban J connectivity index is 1.64. The third-order valence-corrected chi connectivity index (χ3v) is 5.67. The van der Waals surface area contributed by atoms with Gasteiger partial charge in [0.2, 0.25) is 5.91 Å². The average Bonchev–Trinajstić information content (AvgIpc) is 2.97. The van der Waals surface area contributed by atoms with E-state index in [-0.39, 0.29) is 30.7 Å². The number of carbonyl (C=O) groups excluding carboxylic acids is 3. The van der Waals surface area contributed by atoms with Crippen molar-refractivity contribution in [3.8, 4) is 0 Å². The fraction of sp³-hybridized carbons (Fsp3) is 0.304. The molecule has 2 aromatic carbocycles. The highest BCUT2D eigenvalue weighted by atomic mass is 32.1. The molecule has 1 aliphatic rings. The summed E-state index contributed by atoms with van der Waals surface area (Å²) in [6.07, 6.45) is 0.238. The van der Waals surface area contributed by atoms with E-state index in [0.717, 1.165) is 0 Å². The molecule has 168 valence electrons. The van der Waals surface area contributed by atoms with Gasteiger partial charge < -0.3 is 15.0 Å². The lowest BCUT2D eigenvalue weighted by atomic mass is 10.1. The molecule has 2 amide bonds. The molecule has 0 bridgehead atoms. The monoisotopic (exact) mass is 457 g/mol. The van der Waals surface area contributed by atoms with Crippen molar-refractivity contribution in [1.82, 2.24) is 9.80 Å². The van der Waals surface area contributed by atoms with Crippen LogP contribution >= 0.6 is 12.2 Å². The van der Waals surface area contributed by atoms with Gasteiger partial charge in [0.15, 0.2) is 5.11 Å². The third kappa shape index (κ3) is 5.28. The number of rotatable bonds is 8. The quantitative estimate of drug-likeness (QED) is 0.485. The second kappa shape index (κ2) is 10.3. The van der Waals surface area contributed by atoms with Gasteiger partial charge >= 0.3 is 5.97 Å². The van der Waals surface area contributed by atoms with E-state index in [1.807, 2.05) is 0 Å². The van der Waals surface area contributed by atoms with Gasteiger partial charge in [0.1, 0.15) is 11.9 Å². The molecule has 1 N–H and O–H groups in total. The van der Waals surface area contributed by atoms with Crippen molar-refractivity contribution in [2.75, 3.05) is 25.5 Å². The van der Waals surface area contributed by atoms with Crippen molar-refractivity contribution >= 4 is 40.8 Å². The van der Waals surface area contributed by atoms with Gasteiger partial charge in [-0.15, -0.1) is 0 Å². The minimum absolute atomic E-state index is 0.111. The summed E-state index contributed by atoms with van der Waals surface area (Å²) >= 11 is 5.37. The molecule has 0 unspecified atom stereocenters. The van der Waals surface area contributed by atoms with E-state index < -0.39 is 12.0 Å². The first-order valence-electron chi connectivity index (χ1n) is 10.2. The number of benzene rings is 2. The Hall–Kier alpha value is -3.33. The predicted molar refractivity (Wildman–Crippen MR) is 122 cm³/mol. The molecule has 0 saturated carbocycles. The standard InChI is InChI=1S/C23H24FN3O4S/c1-3-31-22(30)16-8-10-17(11-9-16)25-20(28)14-19-21(29)26(2)23(32)27(19)13-12-15-6-4-5-7-18(15)24/h4-11,19H,3,12-14H2,1-2H3,(H,25,28)/t19-/m1/s1. The summed E-state index contributed by atoms with van der Waals surface area (Å²) in [4.78, 5) is 40.0. The highest BCUT2D eigenvalue weighted by Crippen LogP contribution is 2.21. The van der Waals surface area contributed by atoms with Crippen LogP contribution in [-0.4, -0.2) is 58.9 Å². The van der Waals surface area contributed by atoms with Crippen LogP contribution < -0.4 is 5.32 Å². The maximum absolute atomic E-state index is 14.0. The summed E-state index contributed by atoms with van der Waals surface area (Å²) in [6.45, 7) is 2.30. The molecule has 0 aliphatic carbocycles. The van der Waals surface area contributed by atoms with Crippen LogP contribution in [0.3, 0.4) is 0 Å². The van der Waals surface area contributed by atoms with Crippen LogP contribution in [0.2, 0.25) is 0 Å². The number of anilines is 1. The van der Waals surface area contributed by atoms with Gasteiger partial charge in [0.05, 0.1) is 18.6 Å². The Labute approximate surface area is 191 Å². The molecule has 3 rings (SSSR count). The number of amides is 2. The molecular formula is C23H24FN3O4S. The maximum atomic E-state index is 14.0. The number of likely N-dealkylation sites (N-methyl/N-ethyl adjacent to an activating group) is 1. The van der Waals surface area contributed by atoms with Gasteiger partial charge in [-0.05, 0) is 61.5 Å². The van der Waals surface area contributed by atoms with Crippen molar-refractivity contribution < 1.29 is 23.5 Å². The smallest absolute Gasteiger partial charge is 0.338 e. The minimum Gasteiger partial charge on any atom is -0.462 e. The number of nitrogens with one attached hydrogen (secondary N) is 1. The van der Waals surface area contributed by atoms with E-state index in [1.54, 1.807) is 61.3 Å². The highest BCUT2D eigenvalue weighted by molar-refractivity contribution is 7.80. The molecule has 1 heterocycles. The number of hydrogen-bond donors (Lipinski definition) is 1. The van der Waals surface area contributed by atoms with Gasteiger partial charge in [-0.1, -0.05) is 18.2 Å². The number of esters is 1. The minimum atomic E-state index is -0.766. The first-order chi connectivity index (χ1) is 15.3. The van der Waals surface area contributed by atoms with Gasteiger partial charge in [-0.2, -0.15) is 0 Å². The number of carbonyl (C=O) groups is 3. The summed E-state index contributed by atoms with van der Waals surface area (Å²) < 4.78 is 18.9. The van der Waals surface area contributed by atoms with Crippen molar-refractivity contribution in [2.45, 2.75) is 25.8 Å². The normalized spacial score (nSPS) is 15.8. The van der Waals surface area contributed by atoms with E-state index >= 15 is 0 Å². The zero-order valence-corrected chi connectivity index (χ0v) is 18.7. The summed E-state index contributed by atoms with van der Waals surface area (Å²) in [5.74, 6) is -1.42. The van der Waals surface area contributed by atoms with Crippen LogP contribution in [0.4, 0.5) is 10.1 Å². The number of hydrogen-bond acceptors (Lipinski definition) is 5. The van der Waals surface area contributed by atoms with E-state index in [2.05, 4.69) is 5.32 Å². The third-order valence-electron chi connectivity index (χ3n) is 5.16. The van der Waals surface area contributed by atoms with Crippen molar-refractivity contribution in [1.29, 1.82) is 0 Å². The topological polar surface area (TPSA) is 78.9 Å². The fourth-order valence-electron chi connectivity index (χ4n) is 3.46. The lowest BCUT2D eigenvalue weighted by molar-refractivity contribution is -0.130. The molecule has 1 atom stereocenters. The Bertz CT molecular complexity index is 1030. The molecule has 0 spiro atoms. The Morgan fingerprint density at radius 2 is 1.84 bits per heavy atom. The number of halogens is 1. The molecule has 1 aliphatic heterocycles. The Kier molecular flexibility index (Phi) is 7.53. The fourth-order valence-corrected chi connectivity index (χ4v) is 3.77. The van der Waals surface area contributed by atoms with E-state index in [4.69, 9.17) is 17.0 Å². The molecule has 1 saturated heterocycles. The number of nitrogens with zero attached hydrogens (tertiary/aromatic N) is 2.